The number of anilines is 1. The maximum Gasteiger partial charge on any atom is 0.223 e. The summed E-state index contributed by atoms with van der Waals surface area (Å²) < 4.78 is 0. The summed E-state index contributed by atoms with van der Waals surface area (Å²) in [6.07, 6.45) is 4.42. The lowest BCUT2D eigenvalue weighted by Crippen LogP contribution is -2.25. The monoisotopic (exact) mass is 392 g/mol. The van der Waals surface area contributed by atoms with E-state index >= 15 is 0 Å². The third-order valence-electron chi connectivity index (χ3n) is 5.89. The largest absolute Gasteiger partial charge is 0.312 e. The SMILES string of the molecule is CC(=O)N1CCc2cc(C(=O)CCCCN(C)CCc3ccccc3C)ccc21. The van der Waals surface area contributed by atoms with Crippen molar-refractivity contribution in [2.75, 3.05) is 31.6 Å². The quantitative estimate of drug-likeness (QED) is 0.468. The fourth-order valence-corrected chi connectivity index (χ4v) is 4.03. The van der Waals surface area contributed by atoms with Crippen molar-refractivity contribution in [1.29, 1.82) is 0 Å². The first-order valence-corrected chi connectivity index (χ1v) is 10.6. The fourth-order valence-electron chi connectivity index (χ4n) is 4.03. The summed E-state index contributed by atoms with van der Waals surface area (Å²) in [6, 6.07) is 14.3. The maximum atomic E-state index is 12.6. The minimum Gasteiger partial charge on any atom is -0.312 e. The van der Waals surface area contributed by atoms with Gasteiger partial charge in [0, 0.05) is 37.7 Å². The first kappa shape index (κ1) is 21.3. The minimum atomic E-state index is 0.0642. The van der Waals surface area contributed by atoms with E-state index in [1.807, 2.05) is 18.2 Å². The number of hydrogen-bond donors (Lipinski definition) is 0. The zero-order chi connectivity index (χ0) is 20.8. The first-order valence-electron chi connectivity index (χ1n) is 10.6. The molecule has 0 radical (unpaired) electrons. The number of hydrogen-bond acceptors (Lipinski definition) is 3. The van der Waals surface area contributed by atoms with Gasteiger partial charge in [0.2, 0.25) is 5.91 Å². The summed E-state index contributed by atoms with van der Waals surface area (Å²) in [5.41, 5.74) is 5.62. The molecule has 29 heavy (non-hydrogen) atoms. The number of nitrogens with zero attached hydrogens (tertiary/aromatic N) is 2. The van der Waals surface area contributed by atoms with Gasteiger partial charge in [-0.05, 0) is 81.1 Å². The van der Waals surface area contributed by atoms with Crippen LogP contribution in [0.2, 0.25) is 0 Å². The Labute approximate surface area is 174 Å². The van der Waals surface area contributed by atoms with Gasteiger partial charge in [0.1, 0.15) is 0 Å². The molecule has 1 amide bonds. The standard InChI is InChI=1S/C25H32N2O2/c1-19-8-4-5-9-21(19)13-16-26(3)15-7-6-10-25(29)23-11-12-24-22(18-23)14-17-27(24)20(2)28/h4-5,8-9,11-12,18H,6-7,10,13-17H2,1-3H3. The van der Waals surface area contributed by atoms with Gasteiger partial charge in [0.05, 0.1) is 0 Å². The highest BCUT2D eigenvalue weighted by molar-refractivity contribution is 5.98. The molecular weight excluding hydrogens is 360 g/mol. The summed E-state index contributed by atoms with van der Waals surface area (Å²) in [6.45, 7) is 6.52. The van der Waals surface area contributed by atoms with Crippen molar-refractivity contribution >= 4 is 17.4 Å². The number of ketones is 1. The van der Waals surface area contributed by atoms with E-state index in [0.717, 1.165) is 62.1 Å². The number of aryl methyl sites for hydroxylation is 1. The molecule has 2 aromatic rings. The Balaban J connectivity index is 1.40. The molecule has 0 N–H and O–H groups in total. The van der Waals surface area contributed by atoms with Crippen molar-refractivity contribution in [3.63, 3.8) is 0 Å². The topological polar surface area (TPSA) is 40.6 Å². The summed E-state index contributed by atoms with van der Waals surface area (Å²) in [5.74, 6) is 0.269. The Hall–Kier alpha value is -2.46. The normalized spacial score (nSPS) is 13.0. The second kappa shape index (κ2) is 9.84. The van der Waals surface area contributed by atoms with E-state index in [1.165, 1.54) is 11.1 Å². The van der Waals surface area contributed by atoms with E-state index in [2.05, 4.69) is 43.1 Å². The number of Topliss-reactive ketones (excluding diaryl/α,β-unsaturated/α-hetero) is 1. The molecule has 4 nitrogen and oxygen atoms in total. The molecule has 0 saturated carbocycles. The number of fused-ring (bicyclic) bond motifs is 1. The van der Waals surface area contributed by atoms with Gasteiger partial charge >= 0.3 is 0 Å². The van der Waals surface area contributed by atoms with Gasteiger partial charge in [-0.1, -0.05) is 24.3 Å². The summed E-state index contributed by atoms with van der Waals surface area (Å²) in [4.78, 5) is 28.4. The predicted octanol–water partition coefficient (Wildman–Crippen LogP) is 4.43. The van der Waals surface area contributed by atoms with Crippen molar-refractivity contribution in [3.8, 4) is 0 Å². The first-order chi connectivity index (χ1) is 14.0. The van der Waals surface area contributed by atoms with Crippen LogP contribution in [0, 0.1) is 6.92 Å². The van der Waals surface area contributed by atoms with Crippen molar-refractivity contribution in [3.05, 3.63) is 64.7 Å². The lowest BCUT2D eigenvalue weighted by atomic mass is 10.0. The molecule has 1 aliphatic rings. The number of likely N-dealkylation sites (N-methyl/N-ethyl adjacent to an activating group) is 1. The third-order valence-corrected chi connectivity index (χ3v) is 5.89. The molecule has 0 fully saturated rings. The van der Waals surface area contributed by atoms with Crippen LogP contribution in [0.15, 0.2) is 42.5 Å². The molecule has 0 aromatic heterocycles. The van der Waals surface area contributed by atoms with Crippen LogP contribution < -0.4 is 4.90 Å². The van der Waals surface area contributed by atoms with E-state index < -0.39 is 0 Å². The van der Waals surface area contributed by atoms with Gasteiger partial charge in [-0.15, -0.1) is 0 Å². The van der Waals surface area contributed by atoms with Gasteiger partial charge < -0.3 is 9.80 Å². The van der Waals surface area contributed by atoms with Crippen molar-refractivity contribution < 1.29 is 9.59 Å². The van der Waals surface area contributed by atoms with Crippen LogP contribution in [-0.2, 0) is 17.6 Å². The van der Waals surface area contributed by atoms with Gasteiger partial charge in [0.25, 0.3) is 0 Å². The Bertz CT molecular complexity index is 875. The molecule has 3 rings (SSSR count). The average molecular weight is 393 g/mol. The average Bonchev–Trinajstić information content (AvgIpc) is 3.14. The summed E-state index contributed by atoms with van der Waals surface area (Å²) in [7, 11) is 2.15. The van der Waals surface area contributed by atoms with E-state index in [4.69, 9.17) is 0 Å². The lowest BCUT2D eigenvalue weighted by Gasteiger charge is -2.17. The number of rotatable bonds is 9. The van der Waals surface area contributed by atoms with Crippen LogP contribution in [-0.4, -0.2) is 43.3 Å². The van der Waals surface area contributed by atoms with E-state index in [-0.39, 0.29) is 11.7 Å². The lowest BCUT2D eigenvalue weighted by molar-refractivity contribution is -0.116. The second-order valence-electron chi connectivity index (χ2n) is 8.12. The summed E-state index contributed by atoms with van der Waals surface area (Å²) in [5, 5.41) is 0. The van der Waals surface area contributed by atoms with Crippen LogP contribution in [0.5, 0.6) is 0 Å². The zero-order valence-electron chi connectivity index (χ0n) is 17.9. The zero-order valence-corrected chi connectivity index (χ0v) is 17.9. The molecule has 2 aromatic carbocycles. The molecule has 0 spiro atoms. The molecule has 1 aliphatic heterocycles. The number of carbonyl (C=O) groups excluding carboxylic acids is 2. The maximum absolute atomic E-state index is 12.6. The highest BCUT2D eigenvalue weighted by Crippen LogP contribution is 2.29. The van der Waals surface area contributed by atoms with E-state index in [1.54, 1.807) is 11.8 Å². The van der Waals surface area contributed by atoms with Crippen LogP contribution >= 0.6 is 0 Å². The Kier molecular flexibility index (Phi) is 7.21. The van der Waals surface area contributed by atoms with Crippen molar-refractivity contribution in [2.45, 2.75) is 46.0 Å². The number of benzene rings is 2. The third kappa shape index (κ3) is 5.54. The Morgan fingerprint density at radius 2 is 1.86 bits per heavy atom. The van der Waals surface area contributed by atoms with Crippen LogP contribution in [0.4, 0.5) is 5.69 Å². The van der Waals surface area contributed by atoms with Gasteiger partial charge in [-0.25, -0.2) is 0 Å². The number of unbranched alkanes of at least 4 members (excludes halogenated alkanes) is 1. The molecule has 0 aliphatic carbocycles. The molecule has 154 valence electrons. The smallest absolute Gasteiger partial charge is 0.223 e. The molecular formula is C25H32N2O2. The van der Waals surface area contributed by atoms with E-state index in [0.29, 0.717) is 6.42 Å². The van der Waals surface area contributed by atoms with Crippen molar-refractivity contribution in [2.24, 2.45) is 0 Å². The highest BCUT2D eigenvalue weighted by Gasteiger charge is 2.22. The number of carbonyl (C=O) groups is 2. The molecule has 0 bridgehead atoms. The summed E-state index contributed by atoms with van der Waals surface area (Å²) >= 11 is 0. The van der Waals surface area contributed by atoms with E-state index in [9.17, 15) is 9.59 Å². The van der Waals surface area contributed by atoms with Crippen LogP contribution in [0.1, 0.15) is 53.2 Å². The Morgan fingerprint density at radius 3 is 2.62 bits per heavy atom. The van der Waals surface area contributed by atoms with Crippen LogP contribution in [0.3, 0.4) is 0 Å². The molecule has 1 heterocycles. The van der Waals surface area contributed by atoms with Gasteiger partial charge in [0.15, 0.2) is 5.78 Å². The fraction of sp³-hybridized carbons (Fsp3) is 0.440. The number of amides is 1. The Morgan fingerprint density at radius 1 is 1.07 bits per heavy atom. The second-order valence-corrected chi connectivity index (χ2v) is 8.12. The molecule has 4 heteroatoms. The van der Waals surface area contributed by atoms with Crippen LogP contribution in [0.25, 0.3) is 0 Å². The highest BCUT2D eigenvalue weighted by atomic mass is 16.2. The molecule has 0 atom stereocenters. The van der Waals surface area contributed by atoms with Gasteiger partial charge in [-0.3, -0.25) is 9.59 Å². The van der Waals surface area contributed by atoms with Gasteiger partial charge in [-0.2, -0.15) is 0 Å². The minimum absolute atomic E-state index is 0.0642. The molecule has 0 unspecified atom stereocenters. The predicted molar refractivity (Wildman–Crippen MR) is 119 cm³/mol. The van der Waals surface area contributed by atoms with Crippen molar-refractivity contribution in [1.82, 2.24) is 4.90 Å². The molecule has 0 saturated heterocycles.